The standard InChI is InChI=1S/C36H39N3O5/c1-5-20-37(27-14-8-7-9-15-27)32(41)29-30-33(42)39(24(3)23-40)31(36(30)19-18-35(29,4)44-36)34(43)38(21-6-2)28-17-16-25-12-10-11-13-26(25)22-28/h5-17,22,24,29-31,40H,1-2,18-21,23H2,3-4H3/t24-,29-,30+,31?,35+,36?/m1/s1. The quantitative estimate of drug-likeness (QED) is 0.344. The van der Waals surface area contributed by atoms with Crippen molar-refractivity contribution in [3.63, 3.8) is 0 Å². The Morgan fingerprint density at radius 2 is 1.59 bits per heavy atom. The van der Waals surface area contributed by atoms with Crippen molar-refractivity contribution in [3.05, 3.63) is 98.1 Å². The van der Waals surface area contributed by atoms with E-state index in [0.29, 0.717) is 24.2 Å². The number of amides is 3. The van der Waals surface area contributed by atoms with Gasteiger partial charge in [0.25, 0.3) is 5.91 Å². The summed E-state index contributed by atoms with van der Waals surface area (Å²) in [4.78, 5) is 48.6. The summed E-state index contributed by atoms with van der Waals surface area (Å²) in [6, 6.07) is 21.3. The van der Waals surface area contributed by atoms with Gasteiger partial charge in [-0.25, -0.2) is 0 Å². The van der Waals surface area contributed by atoms with Crippen molar-refractivity contribution in [3.8, 4) is 0 Å². The van der Waals surface area contributed by atoms with Gasteiger partial charge in [-0.05, 0) is 61.7 Å². The molecule has 3 aromatic rings. The Morgan fingerprint density at radius 3 is 2.25 bits per heavy atom. The Bertz CT molecular complexity index is 1620. The number of aliphatic hydroxyl groups excluding tert-OH is 1. The van der Waals surface area contributed by atoms with Crippen LogP contribution in [0.1, 0.15) is 26.7 Å². The maximum Gasteiger partial charge on any atom is 0.253 e. The topological polar surface area (TPSA) is 90.4 Å². The Morgan fingerprint density at radius 1 is 0.955 bits per heavy atom. The first-order chi connectivity index (χ1) is 21.2. The zero-order valence-electron chi connectivity index (χ0n) is 25.3. The molecule has 8 nitrogen and oxygen atoms in total. The first-order valence-corrected chi connectivity index (χ1v) is 15.2. The molecule has 1 spiro atoms. The van der Waals surface area contributed by atoms with Crippen molar-refractivity contribution in [1.82, 2.24) is 4.90 Å². The van der Waals surface area contributed by atoms with E-state index in [0.717, 1.165) is 10.8 Å². The molecule has 0 saturated carbocycles. The van der Waals surface area contributed by atoms with Gasteiger partial charge in [0.05, 0.1) is 30.1 Å². The second-order valence-electron chi connectivity index (χ2n) is 12.3. The predicted molar refractivity (Wildman–Crippen MR) is 171 cm³/mol. The van der Waals surface area contributed by atoms with Gasteiger partial charge in [-0.2, -0.15) is 0 Å². The summed E-state index contributed by atoms with van der Waals surface area (Å²) in [5.74, 6) is -2.59. The number of hydrogen-bond donors (Lipinski definition) is 1. The lowest BCUT2D eigenvalue weighted by molar-refractivity contribution is -0.147. The fourth-order valence-corrected chi connectivity index (χ4v) is 7.75. The highest BCUT2D eigenvalue weighted by molar-refractivity contribution is 6.07. The molecule has 2 bridgehead atoms. The first-order valence-electron chi connectivity index (χ1n) is 15.2. The number of benzene rings is 3. The number of rotatable bonds is 10. The summed E-state index contributed by atoms with van der Waals surface area (Å²) < 4.78 is 6.84. The minimum absolute atomic E-state index is 0.213. The van der Waals surface area contributed by atoms with Crippen LogP contribution in [0.15, 0.2) is 98.1 Å². The molecule has 2 unspecified atom stereocenters. The van der Waals surface area contributed by atoms with Crippen molar-refractivity contribution in [2.24, 2.45) is 11.8 Å². The van der Waals surface area contributed by atoms with Crippen molar-refractivity contribution in [1.29, 1.82) is 0 Å². The maximum absolute atomic E-state index is 14.8. The highest BCUT2D eigenvalue weighted by Crippen LogP contribution is 2.64. The minimum atomic E-state index is -1.22. The first kappa shape index (κ1) is 29.8. The van der Waals surface area contributed by atoms with E-state index in [1.54, 1.807) is 28.9 Å². The zero-order chi connectivity index (χ0) is 31.2. The lowest BCUT2D eigenvalue weighted by Gasteiger charge is -2.38. The van der Waals surface area contributed by atoms with E-state index in [1.807, 2.05) is 79.7 Å². The van der Waals surface area contributed by atoms with Crippen LogP contribution in [-0.4, -0.2) is 70.7 Å². The fraction of sp³-hybridized carbons (Fsp3) is 0.361. The van der Waals surface area contributed by atoms with Gasteiger partial charge in [0.2, 0.25) is 11.8 Å². The molecule has 3 aliphatic heterocycles. The largest absolute Gasteiger partial charge is 0.394 e. The van der Waals surface area contributed by atoms with Crippen LogP contribution in [0.5, 0.6) is 0 Å². The molecule has 0 aliphatic carbocycles. The molecule has 1 N–H and O–H groups in total. The van der Waals surface area contributed by atoms with Crippen molar-refractivity contribution >= 4 is 39.9 Å². The maximum atomic E-state index is 14.8. The number of carbonyl (C=O) groups excluding carboxylic acids is 3. The molecule has 6 rings (SSSR count). The summed E-state index contributed by atoms with van der Waals surface area (Å²) in [6.45, 7) is 11.5. The van der Waals surface area contributed by atoms with Crippen LogP contribution in [0.3, 0.4) is 0 Å². The average Bonchev–Trinajstić information content (AvgIpc) is 3.62. The van der Waals surface area contributed by atoms with Crippen LogP contribution in [0.4, 0.5) is 11.4 Å². The van der Waals surface area contributed by atoms with Gasteiger partial charge >= 0.3 is 0 Å². The summed E-state index contributed by atoms with van der Waals surface area (Å²) >= 11 is 0. The summed E-state index contributed by atoms with van der Waals surface area (Å²) in [6.07, 6.45) is 4.29. The highest BCUT2D eigenvalue weighted by Gasteiger charge is 2.78. The van der Waals surface area contributed by atoms with Gasteiger partial charge in [0.15, 0.2) is 0 Å². The third-order valence-electron chi connectivity index (χ3n) is 9.72. The molecule has 228 valence electrons. The van der Waals surface area contributed by atoms with Crippen LogP contribution in [0.2, 0.25) is 0 Å². The molecule has 8 heteroatoms. The number of hydrogen-bond acceptors (Lipinski definition) is 5. The van der Waals surface area contributed by atoms with Crippen LogP contribution < -0.4 is 9.80 Å². The Labute approximate surface area is 258 Å². The van der Waals surface area contributed by atoms with E-state index in [4.69, 9.17) is 4.74 Å². The smallest absolute Gasteiger partial charge is 0.253 e. The third kappa shape index (κ3) is 4.47. The summed E-state index contributed by atoms with van der Waals surface area (Å²) in [5.41, 5.74) is -0.792. The van der Waals surface area contributed by atoms with Gasteiger partial charge < -0.3 is 24.5 Å². The van der Waals surface area contributed by atoms with Crippen LogP contribution >= 0.6 is 0 Å². The van der Waals surface area contributed by atoms with E-state index >= 15 is 0 Å². The van der Waals surface area contributed by atoms with Crippen LogP contribution in [-0.2, 0) is 19.1 Å². The number of nitrogens with zero attached hydrogens (tertiary/aromatic N) is 3. The average molecular weight is 594 g/mol. The molecule has 3 aromatic carbocycles. The van der Waals surface area contributed by atoms with Gasteiger partial charge in [-0.1, -0.05) is 60.7 Å². The lowest BCUT2D eigenvalue weighted by Crippen LogP contribution is -2.58. The lowest BCUT2D eigenvalue weighted by atomic mass is 9.66. The second-order valence-corrected chi connectivity index (χ2v) is 12.3. The highest BCUT2D eigenvalue weighted by atomic mass is 16.5. The molecule has 0 radical (unpaired) electrons. The van der Waals surface area contributed by atoms with Crippen molar-refractivity contribution < 1.29 is 24.2 Å². The number of fused-ring (bicyclic) bond motifs is 2. The molecule has 3 aliphatic rings. The molecule has 3 amide bonds. The van der Waals surface area contributed by atoms with E-state index in [2.05, 4.69) is 13.2 Å². The predicted octanol–water partition coefficient (Wildman–Crippen LogP) is 4.72. The second kappa shape index (κ2) is 11.3. The molecule has 3 heterocycles. The van der Waals surface area contributed by atoms with Gasteiger partial charge in [0, 0.05) is 24.5 Å². The Balaban J connectivity index is 1.44. The van der Waals surface area contributed by atoms with Gasteiger partial charge in [-0.3, -0.25) is 14.4 Å². The number of para-hydroxylation sites is 1. The van der Waals surface area contributed by atoms with Gasteiger partial charge in [-0.15, -0.1) is 13.2 Å². The zero-order valence-corrected chi connectivity index (χ0v) is 25.3. The number of ether oxygens (including phenoxy) is 1. The van der Waals surface area contributed by atoms with Crippen LogP contribution in [0.25, 0.3) is 10.8 Å². The monoisotopic (exact) mass is 593 g/mol. The molecular weight excluding hydrogens is 554 g/mol. The van der Waals surface area contributed by atoms with E-state index in [9.17, 15) is 19.5 Å². The SMILES string of the molecule is C=CCN(C(=O)C1N([C@H](C)CO)C(=O)[C@@H]2[C@H](C(=O)N(CC=C)c3ccccc3)[C@]3(C)CCC12O3)c1ccc2ccccc2c1. The molecular formula is C36H39N3O5. The Kier molecular flexibility index (Phi) is 7.68. The molecule has 6 atom stereocenters. The van der Waals surface area contributed by atoms with E-state index in [1.165, 1.54) is 4.90 Å². The normalized spacial score (nSPS) is 27.7. The number of anilines is 2. The van der Waals surface area contributed by atoms with Gasteiger partial charge in [0.1, 0.15) is 11.6 Å². The molecule has 3 fully saturated rings. The van der Waals surface area contributed by atoms with Crippen molar-refractivity contribution in [2.45, 2.75) is 50.0 Å². The Hall–Kier alpha value is -4.27. The third-order valence-corrected chi connectivity index (χ3v) is 9.72. The fourth-order valence-electron chi connectivity index (χ4n) is 7.75. The number of aliphatic hydroxyl groups is 1. The van der Waals surface area contributed by atoms with E-state index < -0.39 is 35.1 Å². The van der Waals surface area contributed by atoms with Crippen molar-refractivity contribution in [2.75, 3.05) is 29.5 Å². The summed E-state index contributed by atoms with van der Waals surface area (Å²) in [5, 5.41) is 12.3. The molecule has 0 aromatic heterocycles. The summed E-state index contributed by atoms with van der Waals surface area (Å²) in [7, 11) is 0. The molecule has 44 heavy (non-hydrogen) atoms. The number of likely N-dealkylation sites (tertiary alicyclic amines) is 1. The molecule has 3 saturated heterocycles. The van der Waals surface area contributed by atoms with E-state index in [-0.39, 0.29) is 37.4 Å². The van der Waals surface area contributed by atoms with Crippen LogP contribution in [0, 0.1) is 11.8 Å². The number of carbonyl (C=O) groups is 3. The minimum Gasteiger partial charge on any atom is -0.394 e.